The summed E-state index contributed by atoms with van der Waals surface area (Å²) >= 11 is 0. The fourth-order valence-corrected chi connectivity index (χ4v) is 4.49. The van der Waals surface area contributed by atoms with Crippen LogP contribution in [0.4, 0.5) is 39.9 Å². The Morgan fingerprint density at radius 3 is 2.17 bits per heavy atom. The summed E-state index contributed by atoms with van der Waals surface area (Å²) < 4.78 is 115. The van der Waals surface area contributed by atoms with Gasteiger partial charge in [0, 0.05) is 12.5 Å². The highest BCUT2D eigenvalue weighted by atomic mass is 19.4. The number of hydrogen-bond acceptors (Lipinski definition) is 7. The van der Waals surface area contributed by atoms with Crippen LogP contribution in [0.5, 0.6) is 0 Å². The number of nitrogens with two attached hydrogens (primary N) is 3. The topological polar surface area (TPSA) is 151 Å². The van der Waals surface area contributed by atoms with Crippen LogP contribution in [0.15, 0.2) is 77.8 Å². The number of carbonyl (C=O) groups excluding carboxylic acids is 1. The van der Waals surface area contributed by atoms with E-state index in [0.29, 0.717) is 17.0 Å². The summed E-state index contributed by atoms with van der Waals surface area (Å²) in [5.74, 6) is -3.15. The molecule has 2 aromatic carbocycles. The maximum Gasteiger partial charge on any atom is 0.416 e. The van der Waals surface area contributed by atoms with E-state index in [1.165, 1.54) is 18.2 Å². The Bertz CT molecular complexity index is 1880. The van der Waals surface area contributed by atoms with Crippen LogP contribution in [0.1, 0.15) is 27.9 Å². The first-order chi connectivity index (χ1) is 21.9. The first kappa shape index (κ1) is 34.2. The molecule has 0 saturated carbocycles. The lowest BCUT2D eigenvalue weighted by Gasteiger charge is -2.25. The molecule has 10 nitrogen and oxygen atoms in total. The molecule has 0 spiro atoms. The number of carbonyl (C=O) groups is 1. The SMILES string of the molecule is C=C(N=C(N)C(=C(N)N)N(Cc1cc(C(F)(F)F)cc(C(F)(F)F)c1)C(=O)OC)n1nc(Cc2ccccc2F)c2ncc(F)cc21. The highest BCUT2D eigenvalue weighted by molar-refractivity contribution is 6.01. The molecule has 0 bridgehead atoms. The Hall–Kier alpha value is -5.68. The Morgan fingerprint density at radius 2 is 1.62 bits per heavy atom. The maximum atomic E-state index is 14.4. The third-order valence-electron chi connectivity index (χ3n) is 6.54. The second-order valence-electron chi connectivity index (χ2n) is 9.84. The first-order valence-electron chi connectivity index (χ1n) is 13.1. The van der Waals surface area contributed by atoms with E-state index in [4.69, 9.17) is 17.2 Å². The van der Waals surface area contributed by atoms with Gasteiger partial charge in [-0.25, -0.2) is 28.2 Å². The van der Waals surface area contributed by atoms with Gasteiger partial charge in [-0.3, -0.25) is 4.90 Å². The van der Waals surface area contributed by atoms with Crippen molar-refractivity contribution in [1.82, 2.24) is 19.7 Å². The van der Waals surface area contributed by atoms with Crippen LogP contribution in [-0.2, 0) is 30.1 Å². The summed E-state index contributed by atoms with van der Waals surface area (Å²) in [7, 11) is 0.869. The largest absolute Gasteiger partial charge is 0.452 e. The Morgan fingerprint density at radius 1 is 1.00 bits per heavy atom. The minimum absolute atomic E-state index is 0.0117. The fourth-order valence-electron chi connectivity index (χ4n) is 4.49. The van der Waals surface area contributed by atoms with Crippen LogP contribution in [0.25, 0.3) is 16.9 Å². The molecule has 18 heteroatoms. The van der Waals surface area contributed by atoms with Crippen molar-refractivity contribution in [3.63, 3.8) is 0 Å². The molecular weight excluding hydrogens is 644 g/mol. The van der Waals surface area contributed by atoms with Gasteiger partial charge in [0.05, 0.1) is 42.2 Å². The number of benzene rings is 2. The van der Waals surface area contributed by atoms with E-state index in [0.717, 1.165) is 24.1 Å². The lowest BCUT2D eigenvalue weighted by Crippen LogP contribution is -2.40. The molecule has 47 heavy (non-hydrogen) atoms. The average Bonchev–Trinajstić information content (AvgIpc) is 3.33. The number of aromatic nitrogens is 3. The van der Waals surface area contributed by atoms with E-state index < -0.39 is 70.7 Å². The van der Waals surface area contributed by atoms with Crippen molar-refractivity contribution in [2.45, 2.75) is 25.3 Å². The van der Waals surface area contributed by atoms with Gasteiger partial charge >= 0.3 is 18.4 Å². The second kappa shape index (κ2) is 13.0. The minimum atomic E-state index is -5.18. The van der Waals surface area contributed by atoms with Crippen molar-refractivity contribution in [2.24, 2.45) is 22.2 Å². The predicted octanol–water partition coefficient (Wildman–Crippen LogP) is 5.48. The molecule has 4 aromatic rings. The number of aliphatic imine (C=N–C) groups is 1. The van der Waals surface area contributed by atoms with Crippen molar-refractivity contribution in [3.8, 4) is 0 Å². The molecule has 0 aliphatic carbocycles. The van der Waals surface area contributed by atoms with Crippen LogP contribution >= 0.6 is 0 Å². The van der Waals surface area contributed by atoms with Gasteiger partial charge in [-0.05, 0) is 35.4 Å². The number of rotatable bonds is 8. The van der Waals surface area contributed by atoms with Crippen molar-refractivity contribution in [3.05, 3.63) is 112 Å². The standard InChI is InChI=1S/C29H24F8N8O2/c1-14(45-22-11-19(30)12-41-23(22)21(43-45)9-16-5-3-4-6-20(16)31)42-26(40)24(25(38)39)44(27(46)47-2)13-15-7-17(28(32,33)34)10-18(8-15)29(35,36)37/h3-8,10-12H,1,9,13,38-39H2,2H3,(H2,40,42). The first-order valence-corrected chi connectivity index (χ1v) is 13.1. The number of methoxy groups -OCH3 is 1. The number of ether oxygens (including phenoxy) is 1. The molecule has 0 aliphatic rings. The second-order valence-corrected chi connectivity index (χ2v) is 9.84. The Labute approximate surface area is 260 Å². The van der Waals surface area contributed by atoms with Crippen molar-refractivity contribution < 1.29 is 44.7 Å². The van der Waals surface area contributed by atoms with E-state index in [9.17, 15) is 39.9 Å². The van der Waals surface area contributed by atoms with Crippen LogP contribution < -0.4 is 17.2 Å². The number of fused-ring (bicyclic) bond motifs is 1. The zero-order valence-electron chi connectivity index (χ0n) is 24.1. The smallest absolute Gasteiger partial charge is 0.416 e. The Balaban J connectivity index is 1.78. The van der Waals surface area contributed by atoms with Gasteiger partial charge < -0.3 is 21.9 Å². The van der Waals surface area contributed by atoms with Gasteiger partial charge in [0.2, 0.25) is 0 Å². The summed E-state index contributed by atoms with van der Waals surface area (Å²) in [5, 5.41) is 4.32. The van der Waals surface area contributed by atoms with Crippen LogP contribution in [-0.4, -0.2) is 38.7 Å². The zero-order valence-corrected chi connectivity index (χ0v) is 24.1. The molecule has 0 atom stereocenters. The lowest BCUT2D eigenvalue weighted by atomic mass is 10.0. The predicted molar refractivity (Wildman–Crippen MR) is 153 cm³/mol. The van der Waals surface area contributed by atoms with Crippen LogP contribution in [0.2, 0.25) is 0 Å². The summed E-state index contributed by atoms with van der Waals surface area (Å²) in [6.45, 7) is 2.73. The third kappa shape index (κ3) is 7.59. The number of pyridine rings is 1. The molecule has 0 radical (unpaired) electrons. The molecular formula is C29H24F8N8O2. The number of hydrogen-bond donors (Lipinski definition) is 3. The van der Waals surface area contributed by atoms with Crippen molar-refractivity contribution in [1.29, 1.82) is 0 Å². The molecule has 4 rings (SSSR count). The van der Waals surface area contributed by atoms with Gasteiger partial charge in [-0.15, -0.1) is 0 Å². The number of halogens is 8. The highest BCUT2D eigenvalue weighted by Gasteiger charge is 2.37. The van der Waals surface area contributed by atoms with E-state index in [1.54, 1.807) is 6.07 Å². The lowest BCUT2D eigenvalue weighted by molar-refractivity contribution is -0.143. The zero-order chi connectivity index (χ0) is 34.8. The monoisotopic (exact) mass is 668 g/mol. The van der Waals surface area contributed by atoms with Gasteiger partial charge in [-0.2, -0.15) is 31.4 Å². The quantitative estimate of drug-likeness (QED) is 0.128. The molecule has 6 N–H and O–H groups in total. The normalized spacial score (nSPS) is 12.2. The van der Waals surface area contributed by atoms with Crippen molar-refractivity contribution in [2.75, 3.05) is 7.11 Å². The molecule has 2 heterocycles. The van der Waals surface area contributed by atoms with Gasteiger partial charge in [-0.1, -0.05) is 24.8 Å². The highest BCUT2D eigenvalue weighted by Crippen LogP contribution is 2.37. The van der Waals surface area contributed by atoms with Crippen LogP contribution in [0, 0.1) is 11.6 Å². The molecule has 0 aliphatic heterocycles. The van der Waals surface area contributed by atoms with E-state index in [-0.39, 0.29) is 40.6 Å². The fraction of sp³-hybridized carbons (Fsp3) is 0.172. The molecule has 1 amide bonds. The van der Waals surface area contributed by atoms with E-state index in [2.05, 4.69) is 26.4 Å². The van der Waals surface area contributed by atoms with Gasteiger partial charge in [0.25, 0.3) is 0 Å². The number of amidine groups is 1. The van der Waals surface area contributed by atoms with Crippen molar-refractivity contribution >= 4 is 28.8 Å². The summed E-state index contributed by atoms with van der Waals surface area (Å²) in [5.41, 5.74) is 13.6. The number of alkyl halides is 6. The number of amides is 1. The number of nitrogens with zero attached hydrogens (tertiary/aromatic N) is 5. The molecule has 248 valence electrons. The van der Waals surface area contributed by atoms with E-state index >= 15 is 0 Å². The third-order valence-corrected chi connectivity index (χ3v) is 6.54. The summed E-state index contributed by atoms with van der Waals surface area (Å²) in [6, 6.07) is 7.51. The summed E-state index contributed by atoms with van der Waals surface area (Å²) in [6.07, 6.45) is -10.9. The molecule has 0 unspecified atom stereocenters. The maximum absolute atomic E-state index is 14.4. The van der Waals surface area contributed by atoms with E-state index in [1.807, 2.05) is 0 Å². The molecule has 0 saturated heterocycles. The molecule has 0 fully saturated rings. The van der Waals surface area contributed by atoms with Crippen LogP contribution in [0.3, 0.4) is 0 Å². The Kier molecular flexibility index (Phi) is 9.44. The van der Waals surface area contributed by atoms with Gasteiger partial charge in [0.1, 0.15) is 34.5 Å². The summed E-state index contributed by atoms with van der Waals surface area (Å²) in [4.78, 5) is 21.3. The van der Waals surface area contributed by atoms with Gasteiger partial charge in [0.15, 0.2) is 5.84 Å². The minimum Gasteiger partial charge on any atom is -0.452 e. The molecule has 2 aromatic heterocycles. The average molecular weight is 669 g/mol.